The molecule has 0 saturated carbocycles. The van der Waals surface area contributed by atoms with Crippen LogP contribution in [0.15, 0.2) is 18.2 Å². The van der Waals surface area contributed by atoms with Crippen LogP contribution in [0.1, 0.15) is 38.3 Å². The first-order chi connectivity index (χ1) is 10.2. The molecule has 0 atom stereocenters. The third kappa shape index (κ3) is 5.04. The van der Waals surface area contributed by atoms with Gasteiger partial charge in [0.1, 0.15) is 6.07 Å². The largest absolute Gasteiger partial charge is 0.392 e. The lowest BCUT2D eigenvalue weighted by Crippen LogP contribution is -2.30. The first-order valence-electron chi connectivity index (χ1n) is 7.81. The third-order valence-corrected chi connectivity index (χ3v) is 3.88. The van der Waals surface area contributed by atoms with E-state index in [1.807, 2.05) is 12.1 Å². The molecule has 1 N–H and O–H groups in total. The summed E-state index contributed by atoms with van der Waals surface area (Å²) in [6.07, 6.45) is 1.09. The Morgan fingerprint density at radius 3 is 2.33 bits per heavy atom. The summed E-state index contributed by atoms with van der Waals surface area (Å²) in [4.78, 5) is 4.65. The number of nitrogens with zero attached hydrogens (tertiary/aromatic N) is 3. The molecule has 0 aliphatic carbocycles. The maximum atomic E-state index is 9.31. The molecule has 0 bridgehead atoms. The molecule has 4 nitrogen and oxygen atoms in total. The van der Waals surface area contributed by atoms with Crippen molar-refractivity contribution in [3.05, 3.63) is 29.3 Å². The van der Waals surface area contributed by atoms with Gasteiger partial charge in [0.05, 0.1) is 17.9 Å². The highest BCUT2D eigenvalue weighted by molar-refractivity contribution is 5.60. The van der Waals surface area contributed by atoms with Gasteiger partial charge in [0, 0.05) is 13.1 Å². The summed E-state index contributed by atoms with van der Waals surface area (Å²) < 4.78 is 0. The lowest BCUT2D eigenvalue weighted by molar-refractivity contribution is 0.282. The van der Waals surface area contributed by atoms with Crippen molar-refractivity contribution >= 4 is 5.69 Å². The van der Waals surface area contributed by atoms with Gasteiger partial charge in [0.2, 0.25) is 0 Å². The molecule has 0 spiro atoms. The Labute approximate surface area is 128 Å². The maximum Gasteiger partial charge on any atom is 0.101 e. The van der Waals surface area contributed by atoms with Crippen molar-refractivity contribution in [3.8, 4) is 6.07 Å². The number of hydrogen-bond acceptors (Lipinski definition) is 4. The molecule has 0 unspecified atom stereocenters. The zero-order valence-electron chi connectivity index (χ0n) is 13.5. The molecule has 0 radical (unpaired) electrons. The van der Waals surface area contributed by atoms with Gasteiger partial charge >= 0.3 is 0 Å². The Kier molecular flexibility index (Phi) is 7.81. The molecule has 116 valence electrons. The minimum atomic E-state index is -0.0248. The van der Waals surface area contributed by atoms with Gasteiger partial charge in [-0.25, -0.2) is 0 Å². The Morgan fingerprint density at radius 2 is 1.81 bits per heavy atom. The summed E-state index contributed by atoms with van der Waals surface area (Å²) in [6, 6.07) is 7.87. The first kappa shape index (κ1) is 17.5. The third-order valence-electron chi connectivity index (χ3n) is 3.88. The molecule has 1 rings (SSSR count). The zero-order chi connectivity index (χ0) is 15.7. The molecule has 21 heavy (non-hydrogen) atoms. The maximum absolute atomic E-state index is 9.31. The molecule has 0 aliphatic rings. The number of benzene rings is 1. The molecular formula is C17H27N3O. The molecule has 0 aromatic heterocycles. The molecule has 0 saturated heterocycles. The zero-order valence-corrected chi connectivity index (χ0v) is 13.5. The summed E-state index contributed by atoms with van der Waals surface area (Å²) in [5.74, 6) is 0. The van der Waals surface area contributed by atoms with Gasteiger partial charge in [-0.05, 0) is 50.7 Å². The molecule has 1 aromatic rings. The van der Waals surface area contributed by atoms with Crippen molar-refractivity contribution in [1.29, 1.82) is 5.26 Å². The summed E-state index contributed by atoms with van der Waals surface area (Å²) in [5, 5.41) is 18.5. The van der Waals surface area contributed by atoms with Gasteiger partial charge in [-0.1, -0.05) is 19.9 Å². The fourth-order valence-corrected chi connectivity index (χ4v) is 2.52. The predicted molar refractivity (Wildman–Crippen MR) is 87.4 cm³/mol. The van der Waals surface area contributed by atoms with Crippen LogP contribution in [0.2, 0.25) is 0 Å². The van der Waals surface area contributed by atoms with Crippen LogP contribution in [-0.2, 0) is 6.61 Å². The number of rotatable bonds is 9. The Hall–Kier alpha value is -1.57. The average molecular weight is 289 g/mol. The predicted octanol–water partition coefficient (Wildman–Crippen LogP) is 2.61. The topological polar surface area (TPSA) is 50.5 Å². The Morgan fingerprint density at radius 1 is 1.10 bits per heavy atom. The van der Waals surface area contributed by atoms with E-state index in [4.69, 9.17) is 0 Å². The van der Waals surface area contributed by atoms with E-state index in [1.165, 1.54) is 0 Å². The second-order valence-electron chi connectivity index (χ2n) is 5.08. The van der Waals surface area contributed by atoms with Crippen LogP contribution < -0.4 is 4.90 Å². The monoisotopic (exact) mass is 289 g/mol. The van der Waals surface area contributed by atoms with Crippen molar-refractivity contribution < 1.29 is 5.11 Å². The summed E-state index contributed by atoms with van der Waals surface area (Å²) >= 11 is 0. The number of hydrogen-bond donors (Lipinski definition) is 1. The molecule has 0 fully saturated rings. The fourth-order valence-electron chi connectivity index (χ4n) is 2.52. The Bertz CT molecular complexity index is 464. The van der Waals surface area contributed by atoms with E-state index < -0.39 is 0 Å². The van der Waals surface area contributed by atoms with Crippen LogP contribution in [-0.4, -0.2) is 42.7 Å². The standard InChI is InChI=1S/C17H27N3O/c1-4-19(5-2)10-7-11-20(6-3)17-9-8-15(14-21)12-16(17)13-18/h8-9,12,21H,4-7,10-11,14H2,1-3H3. The molecule has 1 aromatic carbocycles. The number of anilines is 1. The van der Waals surface area contributed by atoms with Gasteiger partial charge in [0.25, 0.3) is 0 Å². The highest BCUT2D eigenvalue weighted by atomic mass is 16.3. The van der Waals surface area contributed by atoms with Crippen molar-refractivity contribution in [3.63, 3.8) is 0 Å². The minimum absolute atomic E-state index is 0.0248. The molecule has 0 aliphatic heterocycles. The lowest BCUT2D eigenvalue weighted by Gasteiger charge is -2.26. The van der Waals surface area contributed by atoms with Crippen molar-refractivity contribution in [2.45, 2.75) is 33.8 Å². The first-order valence-corrected chi connectivity index (χ1v) is 7.81. The molecule has 4 heteroatoms. The SMILES string of the molecule is CCN(CC)CCCN(CC)c1ccc(CO)cc1C#N. The van der Waals surface area contributed by atoms with Gasteiger partial charge in [-0.15, -0.1) is 0 Å². The van der Waals surface area contributed by atoms with E-state index in [9.17, 15) is 10.4 Å². The molecule has 0 amide bonds. The second kappa shape index (κ2) is 9.38. The van der Waals surface area contributed by atoms with Crippen molar-refractivity contribution in [2.24, 2.45) is 0 Å². The van der Waals surface area contributed by atoms with Crippen molar-refractivity contribution in [2.75, 3.05) is 37.6 Å². The van der Waals surface area contributed by atoms with E-state index in [1.54, 1.807) is 6.07 Å². The summed E-state index contributed by atoms with van der Waals surface area (Å²) in [5.41, 5.74) is 2.40. The number of aliphatic hydroxyl groups excluding tert-OH is 1. The van der Waals surface area contributed by atoms with Gasteiger partial charge < -0.3 is 14.9 Å². The van der Waals surface area contributed by atoms with Crippen LogP contribution >= 0.6 is 0 Å². The van der Waals surface area contributed by atoms with Gasteiger partial charge in [-0.3, -0.25) is 0 Å². The number of aliphatic hydroxyl groups is 1. The Balaban J connectivity index is 2.74. The van der Waals surface area contributed by atoms with E-state index >= 15 is 0 Å². The van der Waals surface area contributed by atoms with E-state index in [0.29, 0.717) is 5.56 Å². The number of nitriles is 1. The average Bonchev–Trinajstić information content (AvgIpc) is 2.55. The van der Waals surface area contributed by atoms with E-state index in [2.05, 4.69) is 36.6 Å². The summed E-state index contributed by atoms with van der Waals surface area (Å²) in [6.45, 7) is 11.5. The molecule has 0 heterocycles. The highest BCUT2D eigenvalue weighted by Crippen LogP contribution is 2.21. The van der Waals surface area contributed by atoms with Crippen LogP contribution in [0.5, 0.6) is 0 Å². The fraction of sp³-hybridized carbons (Fsp3) is 0.588. The van der Waals surface area contributed by atoms with Gasteiger partial charge in [0.15, 0.2) is 0 Å². The quantitative estimate of drug-likeness (QED) is 0.759. The van der Waals surface area contributed by atoms with Gasteiger partial charge in [-0.2, -0.15) is 5.26 Å². The smallest absolute Gasteiger partial charge is 0.101 e. The van der Waals surface area contributed by atoms with Crippen LogP contribution in [0.25, 0.3) is 0 Å². The van der Waals surface area contributed by atoms with E-state index in [0.717, 1.165) is 50.4 Å². The van der Waals surface area contributed by atoms with Crippen LogP contribution in [0, 0.1) is 11.3 Å². The lowest BCUT2D eigenvalue weighted by atomic mass is 10.1. The molecular weight excluding hydrogens is 262 g/mol. The van der Waals surface area contributed by atoms with Crippen molar-refractivity contribution in [1.82, 2.24) is 4.90 Å². The summed E-state index contributed by atoms with van der Waals surface area (Å²) in [7, 11) is 0. The normalized spacial score (nSPS) is 10.7. The second-order valence-corrected chi connectivity index (χ2v) is 5.08. The van der Waals surface area contributed by atoms with Crippen LogP contribution in [0.4, 0.5) is 5.69 Å². The van der Waals surface area contributed by atoms with E-state index in [-0.39, 0.29) is 6.61 Å². The highest BCUT2D eigenvalue weighted by Gasteiger charge is 2.11. The minimum Gasteiger partial charge on any atom is -0.392 e. The van der Waals surface area contributed by atoms with Crippen LogP contribution in [0.3, 0.4) is 0 Å².